The molecule has 30 heavy (non-hydrogen) atoms. The van der Waals surface area contributed by atoms with Gasteiger partial charge in [0.25, 0.3) is 0 Å². The maximum absolute atomic E-state index is 13.1. The first-order chi connectivity index (χ1) is 14.2. The molecule has 152 valence electrons. The molecule has 4 rings (SSSR count). The van der Waals surface area contributed by atoms with Crippen LogP contribution in [0.4, 0.5) is 13.2 Å². The lowest BCUT2D eigenvalue weighted by Crippen LogP contribution is -2.15. The summed E-state index contributed by atoms with van der Waals surface area (Å²) in [6, 6.07) is 13.6. The third kappa shape index (κ3) is 3.63. The minimum atomic E-state index is -4.47. The van der Waals surface area contributed by atoms with E-state index >= 15 is 0 Å². The normalized spacial score (nSPS) is 11.6. The molecular formula is C22H17F3N4O. The van der Waals surface area contributed by atoms with E-state index in [9.17, 15) is 18.0 Å². The lowest BCUT2D eigenvalue weighted by atomic mass is 10.1. The monoisotopic (exact) mass is 410 g/mol. The van der Waals surface area contributed by atoms with Gasteiger partial charge >= 0.3 is 6.18 Å². The van der Waals surface area contributed by atoms with Crippen LogP contribution in [-0.2, 0) is 6.18 Å². The Morgan fingerprint density at radius 2 is 1.77 bits per heavy atom. The highest BCUT2D eigenvalue weighted by Gasteiger charge is 2.30. The van der Waals surface area contributed by atoms with Gasteiger partial charge in [-0.3, -0.25) is 4.79 Å². The highest BCUT2D eigenvalue weighted by atomic mass is 19.4. The summed E-state index contributed by atoms with van der Waals surface area (Å²) in [5.74, 6) is 0. The molecule has 0 saturated carbocycles. The molecule has 0 saturated heterocycles. The summed E-state index contributed by atoms with van der Waals surface area (Å²) in [7, 11) is 0. The number of aryl methyl sites for hydroxylation is 2. The fourth-order valence-electron chi connectivity index (χ4n) is 3.18. The molecular weight excluding hydrogens is 393 g/mol. The Labute approximate surface area is 170 Å². The Morgan fingerprint density at radius 1 is 0.967 bits per heavy atom. The third-order valence-corrected chi connectivity index (χ3v) is 4.72. The van der Waals surface area contributed by atoms with Crippen LogP contribution in [0.25, 0.3) is 22.8 Å². The number of alkyl halides is 3. The Morgan fingerprint density at radius 3 is 2.53 bits per heavy atom. The summed E-state index contributed by atoms with van der Waals surface area (Å²) in [5, 5.41) is 8.66. The second-order valence-electron chi connectivity index (χ2n) is 6.94. The maximum atomic E-state index is 13.1. The van der Waals surface area contributed by atoms with Gasteiger partial charge < -0.3 is 0 Å². The Balaban J connectivity index is 1.85. The molecule has 0 aliphatic heterocycles. The number of halogens is 3. The molecule has 0 radical (unpaired) electrons. The first kappa shape index (κ1) is 19.6. The zero-order valence-corrected chi connectivity index (χ0v) is 16.2. The highest BCUT2D eigenvalue weighted by molar-refractivity contribution is 5.59. The SMILES string of the molecule is Cc1ccc(C)c(-n2nccc2-c2nn(-c3cccc(C(F)(F)F)c3)ccc2=O)c1. The fourth-order valence-corrected chi connectivity index (χ4v) is 3.18. The van der Waals surface area contributed by atoms with Crippen molar-refractivity contribution in [2.45, 2.75) is 20.0 Å². The van der Waals surface area contributed by atoms with E-state index in [1.807, 2.05) is 32.0 Å². The van der Waals surface area contributed by atoms with Gasteiger partial charge in [0, 0.05) is 12.3 Å². The van der Waals surface area contributed by atoms with Crippen molar-refractivity contribution < 1.29 is 13.2 Å². The average molecular weight is 410 g/mol. The molecule has 8 heteroatoms. The van der Waals surface area contributed by atoms with Gasteiger partial charge in [0.2, 0.25) is 5.43 Å². The van der Waals surface area contributed by atoms with Crippen LogP contribution >= 0.6 is 0 Å². The van der Waals surface area contributed by atoms with Crippen molar-refractivity contribution in [1.82, 2.24) is 19.6 Å². The summed E-state index contributed by atoms with van der Waals surface area (Å²) in [4.78, 5) is 12.6. The Hall–Kier alpha value is -3.68. The van der Waals surface area contributed by atoms with Gasteiger partial charge in [0.05, 0.1) is 28.8 Å². The van der Waals surface area contributed by atoms with Gasteiger partial charge in [0.1, 0.15) is 0 Å². The summed E-state index contributed by atoms with van der Waals surface area (Å²) in [5.41, 5.74) is 2.38. The van der Waals surface area contributed by atoms with Crippen LogP contribution in [0.1, 0.15) is 16.7 Å². The molecule has 0 fully saturated rings. The molecule has 0 amide bonds. The number of aromatic nitrogens is 4. The van der Waals surface area contributed by atoms with Crippen LogP contribution in [0, 0.1) is 13.8 Å². The minimum absolute atomic E-state index is 0.0910. The standard InChI is InChI=1S/C22H17F3N4O/c1-14-6-7-15(2)19(12-14)29-18(8-10-26-29)21-20(30)9-11-28(27-21)17-5-3-4-16(13-17)22(23,24)25/h3-13H,1-2H3. The molecule has 2 aromatic heterocycles. The number of nitrogens with zero attached hydrogens (tertiary/aromatic N) is 4. The molecule has 0 unspecified atom stereocenters. The minimum Gasteiger partial charge on any atom is -0.287 e. The van der Waals surface area contributed by atoms with Gasteiger partial charge in [-0.25, -0.2) is 9.36 Å². The van der Waals surface area contributed by atoms with E-state index in [0.29, 0.717) is 5.69 Å². The van der Waals surface area contributed by atoms with Gasteiger partial charge in [-0.2, -0.15) is 23.4 Å². The van der Waals surface area contributed by atoms with Gasteiger partial charge in [-0.1, -0.05) is 18.2 Å². The number of rotatable bonds is 3. The van der Waals surface area contributed by atoms with Crippen LogP contribution in [0.5, 0.6) is 0 Å². The zero-order chi connectivity index (χ0) is 21.5. The van der Waals surface area contributed by atoms with Crippen LogP contribution in [0.15, 0.2) is 71.8 Å². The molecule has 4 aromatic rings. The Kier molecular flexibility index (Phi) is 4.77. The van der Waals surface area contributed by atoms with Crippen molar-refractivity contribution in [3.8, 4) is 22.8 Å². The summed E-state index contributed by atoms with van der Waals surface area (Å²) in [6.07, 6.45) is -1.57. The van der Waals surface area contributed by atoms with E-state index in [4.69, 9.17) is 0 Å². The lowest BCUT2D eigenvalue weighted by Gasteiger charge is -2.13. The highest BCUT2D eigenvalue weighted by Crippen LogP contribution is 2.30. The molecule has 0 aliphatic rings. The lowest BCUT2D eigenvalue weighted by molar-refractivity contribution is -0.137. The molecule has 5 nitrogen and oxygen atoms in total. The van der Waals surface area contributed by atoms with Crippen LogP contribution in [0.2, 0.25) is 0 Å². The maximum Gasteiger partial charge on any atom is 0.416 e. The Bertz CT molecular complexity index is 1290. The molecule has 2 heterocycles. The first-order valence-electron chi connectivity index (χ1n) is 9.14. The zero-order valence-electron chi connectivity index (χ0n) is 16.2. The quantitative estimate of drug-likeness (QED) is 0.491. The van der Waals surface area contributed by atoms with Crippen LogP contribution < -0.4 is 5.43 Å². The molecule has 0 aliphatic carbocycles. The number of benzene rings is 2. The predicted molar refractivity (Wildman–Crippen MR) is 107 cm³/mol. The van der Waals surface area contributed by atoms with Crippen molar-refractivity contribution >= 4 is 0 Å². The van der Waals surface area contributed by atoms with E-state index in [0.717, 1.165) is 28.9 Å². The second kappa shape index (κ2) is 7.29. The fraction of sp³-hybridized carbons (Fsp3) is 0.136. The van der Waals surface area contributed by atoms with Gasteiger partial charge in [0.15, 0.2) is 5.69 Å². The van der Waals surface area contributed by atoms with Crippen LogP contribution in [-0.4, -0.2) is 19.6 Å². The molecule has 0 atom stereocenters. The largest absolute Gasteiger partial charge is 0.416 e. The van der Waals surface area contributed by atoms with Crippen molar-refractivity contribution in [2.24, 2.45) is 0 Å². The first-order valence-corrected chi connectivity index (χ1v) is 9.14. The smallest absolute Gasteiger partial charge is 0.287 e. The molecule has 0 bridgehead atoms. The van der Waals surface area contributed by atoms with E-state index in [2.05, 4.69) is 10.2 Å². The van der Waals surface area contributed by atoms with Crippen molar-refractivity contribution in [3.05, 3.63) is 93.9 Å². The van der Waals surface area contributed by atoms with E-state index in [1.165, 1.54) is 29.1 Å². The summed E-state index contributed by atoms with van der Waals surface area (Å²) in [6.45, 7) is 3.88. The second-order valence-corrected chi connectivity index (χ2v) is 6.94. The van der Waals surface area contributed by atoms with E-state index in [1.54, 1.807) is 16.9 Å². The molecule has 0 spiro atoms. The third-order valence-electron chi connectivity index (χ3n) is 4.72. The van der Waals surface area contributed by atoms with Crippen molar-refractivity contribution in [3.63, 3.8) is 0 Å². The van der Waals surface area contributed by atoms with Crippen molar-refractivity contribution in [1.29, 1.82) is 0 Å². The topological polar surface area (TPSA) is 52.7 Å². The number of hydrogen-bond acceptors (Lipinski definition) is 3. The molecule has 0 N–H and O–H groups in total. The van der Waals surface area contributed by atoms with Crippen molar-refractivity contribution in [2.75, 3.05) is 0 Å². The average Bonchev–Trinajstić information content (AvgIpc) is 3.19. The summed E-state index contributed by atoms with van der Waals surface area (Å²) < 4.78 is 42.1. The van der Waals surface area contributed by atoms with E-state index < -0.39 is 11.7 Å². The molecule has 2 aromatic carbocycles. The number of hydrogen-bond donors (Lipinski definition) is 0. The van der Waals surface area contributed by atoms with E-state index in [-0.39, 0.29) is 16.8 Å². The van der Waals surface area contributed by atoms with Gasteiger partial charge in [-0.15, -0.1) is 0 Å². The van der Waals surface area contributed by atoms with Gasteiger partial charge in [-0.05, 0) is 55.3 Å². The predicted octanol–water partition coefficient (Wildman–Crippen LogP) is 4.72. The summed E-state index contributed by atoms with van der Waals surface area (Å²) >= 11 is 0. The van der Waals surface area contributed by atoms with Crippen LogP contribution in [0.3, 0.4) is 0 Å².